The van der Waals surface area contributed by atoms with Gasteiger partial charge in [-0.1, -0.05) is 80.4 Å². The fraction of sp³-hybridized carbons (Fsp3) is 0.400. The molecule has 1 saturated heterocycles. The number of imidazole rings is 1. The molecule has 0 saturated carbocycles. The third-order valence-electron chi connectivity index (χ3n) is 13.7. The van der Waals surface area contributed by atoms with Gasteiger partial charge in [-0.3, -0.25) is 33.7 Å². The van der Waals surface area contributed by atoms with Crippen LogP contribution >= 0.6 is 34.5 Å². The average molecular weight is 1080 g/mol. The first kappa shape index (κ1) is 54.4. The van der Waals surface area contributed by atoms with Crippen molar-refractivity contribution in [1.29, 1.82) is 0 Å². The summed E-state index contributed by atoms with van der Waals surface area (Å²) in [6.07, 6.45) is 5.02. The molecule has 17 nitrogen and oxygen atoms in total. The molecule has 75 heavy (non-hydrogen) atoms. The molecule has 3 N–H and O–H groups in total. The first-order valence-corrected chi connectivity index (χ1v) is 26.6. The van der Waals surface area contributed by atoms with E-state index in [2.05, 4.69) is 25.9 Å². The lowest BCUT2D eigenvalue weighted by Gasteiger charge is -2.35. The lowest BCUT2D eigenvalue weighted by Crippen LogP contribution is -2.57. The second kappa shape index (κ2) is 22.5. The van der Waals surface area contributed by atoms with Crippen molar-refractivity contribution in [3.05, 3.63) is 133 Å². The summed E-state index contributed by atoms with van der Waals surface area (Å²) in [6.45, 7) is 14.1. The fourth-order valence-corrected chi connectivity index (χ4v) is 11.0. The molecular weight excluding hydrogens is 1020 g/mol. The number of carbonyl (C=O) groups is 5. The zero-order chi connectivity index (χ0) is 54.0. The first-order chi connectivity index (χ1) is 35.7. The Morgan fingerprint density at radius 2 is 1.65 bits per heavy atom. The number of likely N-dealkylation sites (tertiary alicyclic amines) is 1. The molecule has 4 aromatic heterocycles. The van der Waals surface area contributed by atoms with Gasteiger partial charge in [0.15, 0.2) is 5.69 Å². The molecule has 0 aliphatic carbocycles. The second-order valence-electron chi connectivity index (χ2n) is 20.4. The molecule has 0 bridgehead atoms. The minimum atomic E-state index is -0.875. The molecule has 6 aromatic rings. The fourth-order valence-electron chi connectivity index (χ4n) is 9.82. The third kappa shape index (κ3) is 11.4. The predicted molar refractivity (Wildman–Crippen MR) is 290 cm³/mol. The summed E-state index contributed by atoms with van der Waals surface area (Å²) in [4.78, 5) is 101. The van der Waals surface area contributed by atoms with Gasteiger partial charge in [0.25, 0.3) is 17.4 Å². The normalized spacial score (nSPS) is 16.2. The van der Waals surface area contributed by atoms with Gasteiger partial charge in [-0.05, 0) is 99.7 Å². The maximum Gasteiger partial charge on any atom is 0.279 e. The van der Waals surface area contributed by atoms with Crippen LogP contribution in [0.15, 0.2) is 83.4 Å². The van der Waals surface area contributed by atoms with Crippen LogP contribution in [-0.2, 0) is 21.4 Å². The van der Waals surface area contributed by atoms with E-state index in [4.69, 9.17) is 32.9 Å². The molecular formula is C55H62Cl2N10O7S. The molecule has 0 spiro atoms. The summed E-state index contributed by atoms with van der Waals surface area (Å²) in [5.41, 5.74) is 5.65. The number of amides is 5. The van der Waals surface area contributed by atoms with Crippen molar-refractivity contribution in [3.63, 3.8) is 0 Å². The number of rotatable bonds is 17. The summed E-state index contributed by atoms with van der Waals surface area (Å²) in [7, 11) is 3.01. The van der Waals surface area contributed by atoms with Crippen molar-refractivity contribution in [2.45, 2.75) is 111 Å². The van der Waals surface area contributed by atoms with Crippen LogP contribution in [0.3, 0.4) is 0 Å². The van der Waals surface area contributed by atoms with E-state index in [9.17, 15) is 28.8 Å². The van der Waals surface area contributed by atoms with Gasteiger partial charge in [-0.15, -0.1) is 11.3 Å². The Balaban J connectivity index is 0.904. The van der Waals surface area contributed by atoms with Gasteiger partial charge in [0, 0.05) is 50.0 Å². The summed E-state index contributed by atoms with van der Waals surface area (Å²) < 4.78 is 8.91. The van der Waals surface area contributed by atoms with E-state index in [1.807, 2.05) is 82.8 Å². The van der Waals surface area contributed by atoms with Gasteiger partial charge in [-0.2, -0.15) is 0 Å². The molecule has 0 radical (unpaired) electrons. The van der Waals surface area contributed by atoms with Crippen LogP contribution < -0.4 is 31.1 Å². The monoisotopic (exact) mass is 1080 g/mol. The number of hydrogen-bond acceptors (Lipinski definition) is 11. The minimum Gasteiger partial charge on any atom is -0.480 e. The summed E-state index contributed by atoms with van der Waals surface area (Å²) in [5.74, 6) is -1.30. The maximum atomic E-state index is 14.6. The summed E-state index contributed by atoms with van der Waals surface area (Å²) in [6, 6.07) is 15.2. The van der Waals surface area contributed by atoms with Gasteiger partial charge in [0.2, 0.25) is 23.6 Å². The number of methoxy groups -OCH3 is 1. The highest BCUT2D eigenvalue weighted by molar-refractivity contribution is 7.13. The van der Waals surface area contributed by atoms with Crippen LogP contribution in [0.4, 0.5) is 5.69 Å². The highest BCUT2D eigenvalue weighted by Crippen LogP contribution is 2.45. The van der Waals surface area contributed by atoms with Gasteiger partial charge in [-0.25, -0.2) is 15.0 Å². The number of aryl methyl sites for hydroxylation is 2. The Labute approximate surface area is 450 Å². The lowest BCUT2D eigenvalue weighted by atomic mass is 9.85. The number of thiazole rings is 1. The second-order valence-corrected chi connectivity index (χ2v) is 22.1. The Morgan fingerprint density at radius 3 is 2.31 bits per heavy atom. The third-order valence-corrected chi connectivity index (χ3v) is 15.1. The van der Waals surface area contributed by atoms with Crippen molar-refractivity contribution in [3.8, 4) is 27.7 Å². The zero-order valence-electron chi connectivity index (χ0n) is 43.5. The minimum absolute atomic E-state index is 0.0773. The lowest BCUT2D eigenvalue weighted by molar-refractivity contribution is -0.144. The van der Waals surface area contributed by atoms with Crippen LogP contribution in [0.5, 0.6) is 5.88 Å². The van der Waals surface area contributed by atoms with Crippen molar-refractivity contribution in [2.24, 2.45) is 12.5 Å². The number of ether oxygens (including phenoxy) is 1. The van der Waals surface area contributed by atoms with Crippen molar-refractivity contribution in [2.75, 3.05) is 25.1 Å². The van der Waals surface area contributed by atoms with Crippen LogP contribution in [0.1, 0.15) is 135 Å². The molecule has 394 valence electrons. The summed E-state index contributed by atoms with van der Waals surface area (Å²) >= 11 is 14.3. The van der Waals surface area contributed by atoms with E-state index in [1.165, 1.54) is 35.0 Å². The number of pyridine rings is 2. The van der Waals surface area contributed by atoms with Crippen molar-refractivity contribution in [1.82, 2.24) is 44.9 Å². The van der Waals surface area contributed by atoms with Crippen LogP contribution in [0.25, 0.3) is 21.8 Å². The maximum absolute atomic E-state index is 14.6. The number of benzene rings is 2. The molecule has 20 heteroatoms. The standard InChI is InChI=1S/C55H62Cl2N10O7S/c1-30(2)66-45-43(53(72)67(41-26-38(57)28-64(8)52(41)71)44(45)34-19-21-37(56)22-20-34)63-48(66)39-25-36(27-59-51(39)74-9)49(69)58-23-11-10-14-42(68)62-47(55(5,6)7)54(73)65-24-12-13-40(65)50(70)61-31(3)33-15-17-35(18-16-33)46-32(4)60-29-75-46/h15-22,25-31,40,44,47H,10-14,23-24H2,1-9H3,(H,58,69)(H,61,70)(H,62,68)/t31-,40-,44-,47+/m0/s1. The average Bonchev–Trinajstić information content (AvgIpc) is 4.25. The molecule has 4 atom stereocenters. The van der Waals surface area contributed by atoms with Gasteiger partial charge >= 0.3 is 0 Å². The van der Waals surface area contributed by atoms with E-state index in [0.29, 0.717) is 59.9 Å². The molecule has 0 unspecified atom stereocenters. The SMILES string of the molecule is COc1ncc(C(=O)NCCCCC(=O)N[C@H](C(=O)N2CCC[C@H]2C(=O)N[C@@H](C)c2ccc(-c3scnc3C)cc2)C(C)(C)C)cc1-c1nc2c(n1C(C)C)[C@H](c1ccc(Cl)cc1)N(c1cc(Cl)cn(C)c1=O)C2=O. The number of hydrogen-bond donors (Lipinski definition) is 3. The van der Waals surface area contributed by atoms with E-state index in [1.54, 1.807) is 53.6 Å². The van der Waals surface area contributed by atoms with Crippen LogP contribution in [0, 0.1) is 12.3 Å². The number of aromatic nitrogens is 5. The zero-order valence-corrected chi connectivity index (χ0v) is 45.8. The van der Waals surface area contributed by atoms with Crippen LogP contribution in [-0.4, -0.2) is 90.8 Å². The number of carbonyl (C=O) groups excluding carboxylic acids is 5. The number of fused-ring (bicyclic) bond motifs is 1. The first-order valence-electron chi connectivity index (χ1n) is 25.0. The molecule has 5 amide bonds. The molecule has 8 rings (SSSR count). The summed E-state index contributed by atoms with van der Waals surface area (Å²) in [5, 5.41) is 9.76. The topological polar surface area (TPSA) is 203 Å². The molecule has 2 aliphatic heterocycles. The van der Waals surface area contributed by atoms with Crippen LogP contribution in [0.2, 0.25) is 10.0 Å². The Kier molecular flexibility index (Phi) is 16.3. The van der Waals surface area contributed by atoms with Gasteiger partial charge in [0.05, 0.1) is 51.1 Å². The van der Waals surface area contributed by atoms with E-state index >= 15 is 0 Å². The Bertz CT molecular complexity index is 3200. The number of nitrogens with zero attached hydrogens (tertiary/aromatic N) is 7. The molecule has 2 aromatic carbocycles. The molecule has 6 heterocycles. The smallest absolute Gasteiger partial charge is 0.279 e. The quantitative estimate of drug-likeness (QED) is 0.0740. The van der Waals surface area contributed by atoms with E-state index in [0.717, 1.165) is 21.7 Å². The molecule has 2 aliphatic rings. The number of nitrogens with one attached hydrogen (secondary N) is 3. The predicted octanol–water partition coefficient (Wildman–Crippen LogP) is 9.02. The van der Waals surface area contributed by atoms with E-state index < -0.39 is 40.9 Å². The number of halogens is 2. The van der Waals surface area contributed by atoms with Crippen molar-refractivity contribution >= 4 is 69.8 Å². The highest BCUT2D eigenvalue weighted by atomic mass is 35.5. The Hall–Kier alpha value is -6.89. The van der Waals surface area contributed by atoms with Crippen molar-refractivity contribution < 1.29 is 28.7 Å². The highest BCUT2D eigenvalue weighted by Gasteiger charge is 2.46. The van der Waals surface area contributed by atoms with Gasteiger partial charge < -0.3 is 34.7 Å². The van der Waals surface area contributed by atoms with Gasteiger partial charge in [0.1, 0.15) is 29.6 Å². The van der Waals surface area contributed by atoms with E-state index in [-0.39, 0.29) is 70.6 Å². The Morgan fingerprint density at radius 1 is 0.933 bits per heavy atom. The number of anilines is 1. The number of unbranched alkanes of at least 4 members (excludes halogenated alkanes) is 1. The largest absolute Gasteiger partial charge is 0.480 e. The molecule has 1 fully saturated rings.